The van der Waals surface area contributed by atoms with Crippen molar-refractivity contribution < 1.29 is 32.9 Å². The van der Waals surface area contributed by atoms with Crippen LogP contribution in [0.5, 0.6) is 0 Å². The van der Waals surface area contributed by atoms with E-state index in [1.165, 1.54) is 12.5 Å². The SMILES string of the molecule is CCC(C)(C)C.CS.OC1CC2(CCC2)Cc2nc(C3CCOCC3)c([C@@H](O)c3ccc(C(F)(F)F)nc3)c(C3=CCOCC3)c21. The molecule has 2 atom stereocenters. The number of aromatic nitrogens is 2. The number of aliphatic hydroxyl groups excluding tert-OH is 2. The Hall–Kier alpha value is -1.98. The van der Waals surface area contributed by atoms with Crippen molar-refractivity contribution in [3.8, 4) is 0 Å². The summed E-state index contributed by atoms with van der Waals surface area (Å²) in [6.07, 6.45) is 6.39. The first kappa shape index (κ1) is 36.8. The minimum Gasteiger partial charge on any atom is -0.388 e. The van der Waals surface area contributed by atoms with Gasteiger partial charge in [0.25, 0.3) is 0 Å². The summed E-state index contributed by atoms with van der Waals surface area (Å²) in [7, 11) is 0. The first-order valence-electron chi connectivity index (χ1n) is 16.6. The second-order valence-corrected chi connectivity index (χ2v) is 14.1. The lowest BCUT2D eigenvalue weighted by Gasteiger charge is -2.48. The number of pyridine rings is 2. The topological polar surface area (TPSA) is 84.7 Å². The number of aliphatic hydroxyl groups is 2. The van der Waals surface area contributed by atoms with E-state index in [0.29, 0.717) is 50.2 Å². The lowest BCUT2D eigenvalue weighted by molar-refractivity contribution is -0.141. The molecular weight excluding hydrogens is 613 g/mol. The van der Waals surface area contributed by atoms with Gasteiger partial charge in [-0.2, -0.15) is 25.8 Å². The lowest BCUT2D eigenvalue weighted by atomic mass is 9.59. The molecule has 2 N–H and O–H groups in total. The van der Waals surface area contributed by atoms with E-state index in [2.05, 4.69) is 45.3 Å². The predicted octanol–water partition coefficient (Wildman–Crippen LogP) is 8.41. The quantitative estimate of drug-likeness (QED) is 0.285. The molecule has 46 heavy (non-hydrogen) atoms. The van der Waals surface area contributed by atoms with Gasteiger partial charge in [0.1, 0.15) is 11.8 Å². The molecule has 1 spiro atoms. The number of fused-ring (bicyclic) bond motifs is 1. The highest BCUT2D eigenvalue weighted by molar-refractivity contribution is 7.79. The Balaban J connectivity index is 0.000000541. The second-order valence-electron chi connectivity index (χ2n) is 14.1. The van der Waals surface area contributed by atoms with Gasteiger partial charge in [-0.3, -0.25) is 9.97 Å². The number of rotatable bonds is 4. The summed E-state index contributed by atoms with van der Waals surface area (Å²) in [5.74, 6) is 0.0386. The van der Waals surface area contributed by atoms with Crippen LogP contribution in [-0.2, 0) is 22.1 Å². The van der Waals surface area contributed by atoms with Crippen molar-refractivity contribution in [2.75, 3.05) is 32.7 Å². The molecular formula is C36H51F3N2O4S. The van der Waals surface area contributed by atoms with Crippen LogP contribution in [0.2, 0.25) is 0 Å². The summed E-state index contributed by atoms with van der Waals surface area (Å²) in [5, 5.41) is 23.4. The Morgan fingerprint density at radius 3 is 2.24 bits per heavy atom. The van der Waals surface area contributed by atoms with Gasteiger partial charge >= 0.3 is 6.18 Å². The fraction of sp³-hybridized carbons (Fsp3) is 0.667. The maximum absolute atomic E-state index is 13.2. The Labute approximate surface area is 277 Å². The summed E-state index contributed by atoms with van der Waals surface area (Å²) in [4.78, 5) is 8.80. The minimum absolute atomic E-state index is 0.0386. The highest BCUT2D eigenvalue weighted by Gasteiger charge is 2.46. The van der Waals surface area contributed by atoms with Crippen LogP contribution in [0.4, 0.5) is 13.2 Å². The number of hydrogen-bond donors (Lipinski definition) is 3. The normalized spacial score (nSPS) is 21.9. The highest BCUT2D eigenvalue weighted by atomic mass is 32.1. The molecule has 256 valence electrons. The van der Waals surface area contributed by atoms with Gasteiger partial charge in [-0.15, -0.1) is 0 Å². The zero-order valence-corrected chi connectivity index (χ0v) is 28.8. The van der Waals surface area contributed by atoms with E-state index in [4.69, 9.17) is 14.5 Å². The molecule has 6 nitrogen and oxygen atoms in total. The molecule has 1 unspecified atom stereocenters. The summed E-state index contributed by atoms with van der Waals surface area (Å²) >= 11 is 3.53. The average molecular weight is 665 g/mol. The van der Waals surface area contributed by atoms with Crippen LogP contribution in [0.3, 0.4) is 0 Å². The van der Waals surface area contributed by atoms with E-state index in [1.807, 2.05) is 6.08 Å². The van der Waals surface area contributed by atoms with Gasteiger partial charge < -0.3 is 19.7 Å². The molecule has 10 heteroatoms. The van der Waals surface area contributed by atoms with Crippen LogP contribution >= 0.6 is 12.6 Å². The number of alkyl halides is 3. The zero-order chi connectivity index (χ0) is 33.7. The Kier molecular flexibility index (Phi) is 12.4. The predicted molar refractivity (Wildman–Crippen MR) is 178 cm³/mol. The lowest BCUT2D eigenvalue weighted by Crippen LogP contribution is -2.39. The third kappa shape index (κ3) is 8.53. The number of halogens is 3. The van der Waals surface area contributed by atoms with Gasteiger partial charge in [0.05, 0.1) is 25.0 Å². The second kappa shape index (κ2) is 15.5. The fourth-order valence-corrected chi connectivity index (χ4v) is 6.73. The van der Waals surface area contributed by atoms with Crippen LogP contribution < -0.4 is 0 Å². The van der Waals surface area contributed by atoms with Crippen LogP contribution in [0.1, 0.15) is 137 Å². The van der Waals surface area contributed by atoms with Crippen LogP contribution in [0, 0.1) is 10.8 Å². The van der Waals surface area contributed by atoms with Crippen LogP contribution in [0.25, 0.3) is 5.57 Å². The molecule has 6 rings (SSSR count). The first-order valence-corrected chi connectivity index (χ1v) is 17.5. The average Bonchev–Trinajstić information content (AvgIpc) is 3.04. The first-order chi connectivity index (χ1) is 21.8. The van der Waals surface area contributed by atoms with Crippen molar-refractivity contribution in [2.45, 2.75) is 110 Å². The molecule has 2 aromatic rings. The maximum atomic E-state index is 13.2. The standard InChI is InChI=1S/C29H33F3N2O4.C6H14.CH4S/c30-29(31,32)22-3-2-19(16-33-22)27(36)25-23(17-4-10-37-11-5-17)24-20(14-28(8-1-9-28)15-21(24)35)34-26(25)18-6-12-38-13-7-18;1-5-6(2,3)4;1-2/h2-4,16,18,21,27,35-36H,1,5-15H2;5H2,1-4H3;2H,1H3/t21?,27-;;/m0../s1. The van der Waals surface area contributed by atoms with Crippen molar-refractivity contribution in [3.05, 3.63) is 63.7 Å². The van der Waals surface area contributed by atoms with Gasteiger partial charge in [-0.1, -0.05) is 52.7 Å². The molecule has 0 bridgehead atoms. The van der Waals surface area contributed by atoms with Crippen molar-refractivity contribution in [1.82, 2.24) is 9.97 Å². The van der Waals surface area contributed by atoms with Gasteiger partial charge in [0, 0.05) is 47.7 Å². The van der Waals surface area contributed by atoms with E-state index in [0.717, 1.165) is 78.9 Å². The largest absolute Gasteiger partial charge is 0.433 e. The third-order valence-corrected chi connectivity index (χ3v) is 9.92. The van der Waals surface area contributed by atoms with E-state index < -0.39 is 24.1 Å². The summed E-state index contributed by atoms with van der Waals surface area (Å²) in [5.41, 5.74) is 4.67. The molecule has 2 aromatic heterocycles. The highest BCUT2D eigenvalue weighted by Crippen LogP contribution is 2.55. The van der Waals surface area contributed by atoms with E-state index in [9.17, 15) is 23.4 Å². The molecule has 2 aliphatic carbocycles. The fourth-order valence-electron chi connectivity index (χ4n) is 6.73. The number of ether oxygens (including phenoxy) is 2. The Morgan fingerprint density at radius 1 is 1.07 bits per heavy atom. The maximum Gasteiger partial charge on any atom is 0.433 e. The molecule has 1 saturated heterocycles. The summed E-state index contributed by atoms with van der Waals surface area (Å²) < 4.78 is 50.8. The molecule has 2 fully saturated rings. The number of hydrogen-bond acceptors (Lipinski definition) is 7. The zero-order valence-electron chi connectivity index (χ0n) is 27.9. The number of nitrogens with zero attached hydrogens (tertiary/aromatic N) is 2. The molecule has 4 aliphatic rings. The van der Waals surface area contributed by atoms with Crippen LogP contribution in [0.15, 0.2) is 24.4 Å². The summed E-state index contributed by atoms with van der Waals surface area (Å²) in [6.45, 7) is 11.1. The Morgan fingerprint density at radius 2 is 1.74 bits per heavy atom. The van der Waals surface area contributed by atoms with E-state index >= 15 is 0 Å². The van der Waals surface area contributed by atoms with Crippen molar-refractivity contribution in [2.24, 2.45) is 10.8 Å². The van der Waals surface area contributed by atoms with E-state index in [-0.39, 0.29) is 16.9 Å². The van der Waals surface area contributed by atoms with Crippen molar-refractivity contribution >= 4 is 18.2 Å². The van der Waals surface area contributed by atoms with E-state index in [1.54, 1.807) is 6.26 Å². The summed E-state index contributed by atoms with van der Waals surface area (Å²) in [6, 6.07) is 2.19. The smallest absolute Gasteiger partial charge is 0.388 e. The minimum atomic E-state index is -4.57. The monoisotopic (exact) mass is 664 g/mol. The van der Waals surface area contributed by atoms with Crippen LogP contribution in [-0.4, -0.2) is 52.9 Å². The van der Waals surface area contributed by atoms with Gasteiger partial charge in [-0.25, -0.2) is 0 Å². The number of thiol groups is 1. The molecule has 4 heterocycles. The van der Waals surface area contributed by atoms with Gasteiger partial charge in [0.15, 0.2) is 0 Å². The molecule has 2 aliphatic heterocycles. The molecule has 0 radical (unpaired) electrons. The Bertz CT molecular complexity index is 1330. The van der Waals surface area contributed by atoms with Crippen molar-refractivity contribution in [3.63, 3.8) is 0 Å². The molecule has 1 saturated carbocycles. The van der Waals surface area contributed by atoms with Gasteiger partial charge in [-0.05, 0) is 79.2 Å². The van der Waals surface area contributed by atoms with Crippen molar-refractivity contribution in [1.29, 1.82) is 0 Å². The van der Waals surface area contributed by atoms with Gasteiger partial charge in [0.2, 0.25) is 0 Å². The molecule has 0 aromatic carbocycles. The third-order valence-electron chi connectivity index (χ3n) is 9.92. The molecule has 0 amide bonds.